The number of ether oxygens (including phenoxy) is 1. The van der Waals surface area contributed by atoms with E-state index in [0.717, 1.165) is 22.6 Å². The van der Waals surface area contributed by atoms with Gasteiger partial charge >= 0.3 is 0 Å². The van der Waals surface area contributed by atoms with E-state index in [1.165, 1.54) is 0 Å². The molecule has 3 N–H and O–H groups in total. The topological polar surface area (TPSA) is 68.4 Å². The minimum absolute atomic E-state index is 0.0164. The predicted octanol–water partition coefficient (Wildman–Crippen LogP) is 1.82. The number of hydrogen-bond donors (Lipinski definition) is 2. The fraction of sp³-hybridized carbons (Fsp3) is 0.308. The second-order valence-corrected chi connectivity index (χ2v) is 4.58. The van der Waals surface area contributed by atoms with E-state index in [4.69, 9.17) is 10.5 Å². The Kier molecular flexibility index (Phi) is 2.48. The van der Waals surface area contributed by atoms with Crippen LogP contribution in [0, 0.1) is 6.92 Å². The van der Waals surface area contributed by atoms with Crippen molar-refractivity contribution in [3.8, 4) is 0 Å². The first-order valence-electron chi connectivity index (χ1n) is 5.91. The minimum atomic E-state index is 0.0164. The summed E-state index contributed by atoms with van der Waals surface area (Å²) in [5.41, 5.74) is 9.76. The van der Waals surface area contributed by atoms with Crippen LogP contribution in [-0.4, -0.2) is 16.0 Å². The zero-order valence-corrected chi connectivity index (χ0v) is 10.4. The summed E-state index contributed by atoms with van der Waals surface area (Å²) in [7, 11) is 1.92. The van der Waals surface area contributed by atoms with Crippen LogP contribution in [0.4, 0.5) is 11.4 Å². The van der Waals surface area contributed by atoms with Crippen molar-refractivity contribution in [3.63, 3.8) is 0 Å². The maximum absolute atomic E-state index is 5.73. The van der Waals surface area contributed by atoms with Gasteiger partial charge in [0.15, 0.2) is 6.23 Å². The van der Waals surface area contributed by atoms with E-state index >= 15 is 0 Å². The molecule has 1 saturated heterocycles. The lowest BCUT2D eigenvalue weighted by Crippen LogP contribution is -2.07. The smallest absolute Gasteiger partial charge is 0.161 e. The SMILES string of the molecule is Cc1cc(N)ccc1NC1OC1c1ccnn1C. The quantitative estimate of drug-likeness (QED) is 0.638. The first-order chi connectivity index (χ1) is 8.65. The molecule has 0 amide bonds. The van der Waals surface area contributed by atoms with Crippen LogP contribution in [-0.2, 0) is 11.8 Å². The Balaban J connectivity index is 1.71. The highest BCUT2D eigenvalue weighted by Gasteiger charge is 2.42. The van der Waals surface area contributed by atoms with Crippen molar-refractivity contribution in [3.05, 3.63) is 41.7 Å². The summed E-state index contributed by atoms with van der Waals surface area (Å²) in [6, 6.07) is 7.79. The van der Waals surface area contributed by atoms with Crippen molar-refractivity contribution < 1.29 is 4.74 Å². The second kappa shape index (κ2) is 4.03. The van der Waals surface area contributed by atoms with E-state index in [9.17, 15) is 0 Å². The Bertz CT molecular complexity index is 578. The summed E-state index contributed by atoms with van der Waals surface area (Å²) in [5.74, 6) is 0. The minimum Gasteiger partial charge on any atom is -0.399 e. The predicted molar refractivity (Wildman–Crippen MR) is 70.0 cm³/mol. The van der Waals surface area contributed by atoms with Crippen molar-refractivity contribution in [2.75, 3.05) is 11.1 Å². The number of nitrogens with two attached hydrogens (primary N) is 1. The van der Waals surface area contributed by atoms with Gasteiger partial charge in [-0.15, -0.1) is 0 Å². The molecular formula is C13H16N4O. The zero-order valence-electron chi connectivity index (χ0n) is 10.4. The standard InChI is InChI=1S/C13H16N4O/c1-8-7-9(14)3-4-10(8)16-13-12(18-13)11-5-6-15-17(11)2/h3-7,12-13,16H,14H2,1-2H3. The molecule has 1 aliphatic rings. The Morgan fingerprint density at radius 1 is 1.39 bits per heavy atom. The number of epoxide rings is 1. The maximum Gasteiger partial charge on any atom is 0.161 e. The average molecular weight is 244 g/mol. The molecule has 0 radical (unpaired) electrons. The molecule has 1 fully saturated rings. The third kappa shape index (κ3) is 1.93. The molecule has 5 heteroatoms. The lowest BCUT2D eigenvalue weighted by atomic mass is 10.1. The number of hydrogen-bond acceptors (Lipinski definition) is 4. The van der Waals surface area contributed by atoms with E-state index in [1.54, 1.807) is 6.20 Å². The van der Waals surface area contributed by atoms with Gasteiger partial charge in [-0.3, -0.25) is 4.68 Å². The summed E-state index contributed by atoms with van der Waals surface area (Å²) in [6.07, 6.45) is 1.87. The number of aromatic nitrogens is 2. The van der Waals surface area contributed by atoms with Gasteiger partial charge in [0.25, 0.3) is 0 Å². The van der Waals surface area contributed by atoms with Crippen LogP contribution < -0.4 is 11.1 Å². The molecule has 0 bridgehead atoms. The van der Waals surface area contributed by atoms with Crippen molar-refractivity contribution in [1.82, 2.24) is 9.78 Å². The first kappa shape index (κ1) is 11.1. The van der Waals surface area contributed by atoms with Crippen molar-refractivity contribution in [1.29, 1.82) is 0 Å². The van der Waals surface area contributed by atoms with Crippen LogP contribution in [0.25, 0.3) is 0 Å². The molecule has 2 heterocycles. The van der Waals surface area contributed by atoms with Crippen LogP contribution in [0.1, 0.15) is 17.4 Å². The summed E-state index contributed by atoms with van der Waals surface area (Å²) in [6.45, 7) is 2.03. The number of nitrogens with one attached hydrogen (secondary N) is 1. The van der Waals surface area contributed by atoms with E-state index in [2.05, 4.69) is 10.4 Å². The molecule has 0 aliphatic carbocycles. The molecule has 0 saturated carbocycles. The van der Waals surface area contributed by atoms with Crippen LogP contribution in [0.5, 0.6) is 0 Å². The van der Waals surface area contributed by atoms with Crippen molar-refractivity contribution >= 4 is 11.4 Å². The fourth-order valence-corrected chi connectivity index (χ4v) is 2.11. The molecule has 1 aliphatic heterocycles. The largest absolute Gasteiger partial charge is 0.399 e. The number of nitrogens with zero attached hydrogens (tertiary/aromatic N) is 2. The van der Waals surface area contributed by atoms with Crippen molar-refractivity contribution in [2.45, 2.75) is 19.3 Å². The Hall–Kier alpha value is -2.01. The highest BCUT2D eigenvalue weighted by atomic mass is 16.6. The van der Waals surface area contributed by atoms with E-state index in [-0.39, 0.29) is 12.3 Å². The highest BCUT2D eigenvalue weighted by Crippen LogP contribution is 2.39. The molecule has 2 unspecified atom stereocenters. The van der Waals surface area contributed by atoms with Gasteiger partial charge in [-0.2, -0.15) is 5.10 Å². The Morgan fingerprint density at radius 3 is 2.89 bits per heavy atom. The molecule has 2 aromatic rings. The molecular weight excluding hydrogens is 228 g/mol. The van der Waals surface area contributed by atoms with Crippen LogP contribution in [0.15, 0.2) is 30.5 Å². The number of aryl methyl sites for hydroxylation is 2. The number of rotatable bonds is 3. The van der Waals surface area contributed by atoms with Crippen LogP contribution >= 0.6 is 0 Å². The van der Waals surface area contributed by atoms with E-state index in [0.29, 0.717) is 0 Å². The third-order valence-electron chi connectivity index (χ3n) is 3.19. The first-order valence-corrected chi connectivity index (χ1v) is 5.91. The molecule has 3 rings (SSSR count). The molecule has 5 nitrogen and oxygen atoms in total. The summed E-state index contributed by atoms with van der Waals surface area (Å²) in [4.78, 5) is 0. The van der Waals surface area contributed by atoms with Gasteiger partial charge in [0.05, 0.1) is 5.69 Å². The molecule has 2 atom stereocenters. The van der Waals surface area contributed by atoms with E-state index < -0.39 is 0 Å². The van der Waals surface area contributed by atoms with Crippen LogP contribution in [0.3, 0.4) is 0 Å². The zero-order chi connectivity index (χ0) is 12.7. The number of benzene rings is 1. The molecule has 18 heavy (non-hydrogen) atoms. The average Bonchev–Trinajstić information content (AvgIpc) is 2.95. The maximum atomic E-state index is 5.73. The van der Waals surface area contributed by atoms with Gasteiger partial charge in [0, 0.05) is 24.6 Å². The highest BCUT2D eigenvalue weighted by molar-refractivity contribution is 5.58. The monoisotopic (exact) mass is 244 g/mol. The van der Waals surface area contributed by atoms with Gasteiger partial charge in [-0.25, -0.2) is 0 Å². The Labute approximate surface area is 106 Å². The third-order valence-corrected chi connectivity index (χ3v) is 3.19. The summed E-state index contributed by atoms with van der Waals surface area (Å²) >= 11 is 0. The van der Waals surface area contributed by atoms with Gasteiger partial charge in [-0.05, 0) is 36.8 Å². The fourth-order valence-electron chi connectivity index (χ4n) is 2.11. The second-order valence-electron chi connectivity index (χ2n) is 4.58. The van der Waals surface area contributed by atoms with E-state index in [1.807, 2.05) is 42.9 Å². The van der Waals surface area contributed by atoms with Crippen LogP contribution in [0.2, 0.25) is 0 Å². The Morgan fingerprint density at radius 2 is 2.22 bits per heavy atom. The summed E-state index contributed by atoms with van der Waals surface area (Å²) < 4.78 is 7.46. The lowest BCUT2D eigenvalue weighted by molar-refractivity contribution is 0.378. The number of nitrogen functional groups attached to an aromatic ring is 1. The van der Waals surface area contributed by atoms with Crippen molar-refractivity contribution in [2.24, 2.45) is 7.05 Å². The van der Waals surface area contributed by atoms with Gasteiger partial charge in [0.1, 0.15) is 6.10 Å². The molecule has 94 valence electrons. The summed E-state index contributed by atoms with van der Waals surface area (Å²) in [5, 5.41) is 7.50. The van der Waals surface area contributed by atoms with Gasteiger partial charge in [-0.1, -0.05) is 0 Å². The molecule has 1 aromatic heterocycles. The number of anilines is 2. The molecule has 1 aromatic carbocycles. The normalized spacial score (nSPS) is 21.9. The molecule has 0 spiro atoms. The van der Waals surface area contributed by atoms with Gasteiger partial charge < -0.3 is 15.8 Å². The lowest BCUT2D eigenvalue weighted by Gasteiger charge is -2.07. The van der Waals surface area contributed by atoms with Gasteiger partial charge in [0.2, 0.25) is 0 Å².